The zero-order valence-corrected chi connectivity index (χ0v) is 14.9. The number of hydrogen-bond acceptors (Lipinski definition) is 3. The van der Waals surface area contributed by atoms with Gasteiger partial charge in [0.15, 0.2) is 5.82 Å². The molecule has 4 rings (SSSR count). The zero-order valence-electron chi connectivity index (χ0n) is 14.9. The van der Waals surface area contributed by atoms with Gasteiger partial charge in [0.25, 0.3) is 5.56 Å². The minimum absolute atomic E-state index is 0.144. The summed E-state index contributed by atoms with van der Waals surface area (Å²) in [7, 11) is 0. The Bertz CT molecular complexity index is 991. The third-order valence-corrected chi connectivity index (χ3v) is 5.03. The number of rotatable bonds is 6. The van der Waals surface area contributed by atoms with Crippen LogP contribution in [0, 0.1) is 5.82 Å². The molecule has 0 aliphatic heterocycles. The maximum atomic E-state index is 14.7. The van der Waals surface area contributed by atoms with Gasteiger partial charge in [-0.15, -0.1) is 0 Å². The monoisotopic (exact) mass is 351 g/mol. The third-order valence-electron chi connectivity index (χ3n) is 5.03. The molecule has 0 spiro atoms. The van der Waals surface area contributed by atoms with Crippen molar-refractivity contribution in [3.05, 3.63) is 58.5 Å². The Morgan fingerprint density at radius 3 is 2.65 bits per heavy atom. The van der Waals surface area contributed by atoms with Gasteiger partial charge < -0.3 is 4.57 Å². The smallest absolute Gasteiger partial charge is 0.258 e. The lowest BCUT2D eigenvalue weighted by Gasteiger charge is -2.09. The van der Waals surface area contributed by atoms with E-state index >= 15 is 0 Å². The highest BCUT2D eigenvalue weighted by molar-refractivity contribution is 5.85. The molecule has 0 atom stereocenters. The van der Waals surface area contributed by atoms with Gasteiger partial charge in [0.2, 0.25) is 0 Å². The standard InChI is InChI=1S/C21H22FN3O/c1-2-3-4-8-25-9-7-15-10-18(19(22)11-17(15)21(25)26)20-23-12-16(13-24-20)14-5-6-14/h7,9-14H,2-6,8H2,1H3. The molecule has 0 saturated heterocycles. The van der Waals surface area contributed by atoms with E-state index in [1.807, 2.05) is 6.07 Å². The summed E-state index contributed by atoms with van der Waals surface area (Å²) < 4.78 is 16.3. The van der Waals surface area contributed by atoms with Crippen molar-refractivity contribution in [2.45, 2.75) is 51.5 Å². The fourth-order valence-electron chi connectivity index (χ4n) is 3.29. The molecular weight excluding hydrogens is 329 g/mol. The average Bonchev–Trinajstić information content (AvgIpc) is 3.49. The largest absolute Gasteiger partial charge is 0.315 e. The van der Waals surface area contributed by atoms with E-state index in [-0.39, 0.29) is 5.56 Å². The molecule has 1 aliphatic carbocycles. The van der Waals surface area contributed by atoms with Crippen LogP contribution in [0.15, 0.2) is 41.6 Å². The van der Waals surface area contributed by atoms with Gasteiger partial charge in [-0.05, 0) is 54.3 Å². The van der Waals surface area contributed by atoms with Crippen molar-refractivity contribution in [2.24, 2.45) is 0 Å². The van der Waals surface area contributed by atoms with Gasteiger partial charge in [0.1, 0.15) is 5.82 Å². The summed E-state index contributed by atoms with van der Waals surface area (Å²) in [5.74, 6) is 0.470. The molecule has 0 radical (unpaired) electrons. The van der Waals surface area contributed by atoms with E-state index in [1.54, 1.807) is 29.2 Å². The normalized spacial score (nSPS) is 14.1. The summed E-state index contributed by atoms with van der Waals surface area (Å²) in [6.07, 6.45) is 10.8. The Balaban J connectivity index is 1.69. The van der Waals surface area contributed by atoms with Crippen molar-refractivity contribution >= 4 is 10.8 Å². The fraction of sp³-hybridized carbons (Fsp3) is 0.381. The predicted molar refractivity (Wildman–Crippen MR) is 101 cm³/mol. The van der Waals surface area contributed by atoms with Crippen LogP contribution in [0.3, 0.4) is 0 Å². The van der Waals surface area contributed by atoms with E-state index in [0.29, 0.717) is 34.6 Å². The number of benzene rings is 1. The zero-order chi connectivity index (χ0) is 18.1. The first-order valence-corrected chi connectivity index (χ1v) is 9.32. The maximum absolute atomic E-state index is 14.7. The van der Waals surface area contributed by atoms with Gasteiger partial charge in [-0.2, -0.15) is 0 Å². The molecule has 2 heterocycles. The molecule has 0 amide bonds. The van der Waals surface area contributed by atoms with E-state index in [4.69, 9.17) is 0 Å². The van der Waals surface area contributed by atoms with Crippen molar-refractivity contribution in [3.63, 3.8) is 0 Å². The molecule has 1 aliphatic rings. The first-order chi connectivity index (χ1) is 12.7. The van der Waals surface area contributed by atoms with Crippen molar-refractivity contribution in [1.82, 2.24) is 14.5 Å². The second kappa shape index (κ2) is 6.98. The van der Waals surface area contributed by atoms with Crippen LogP contribution in [0.5, 0.6) is 0 Å². The summed E-state index contributed by atoms with van der Waals surface area (Å²) in [5.41, 5.74) is 1.31. The van der Waals surface area contributed by atoms with Crippen LogP contribution in [0.1, 0.15) is 50.5 Å². The lowest BCUT2D eigenvalue weighted by molar-refractivity contribution is 0.590. The number of hydrogen-bond donors (Lipinski definition) is 0. The Morgan fingerprint density at radius 2 is 1.96 bits per heavy atom. The van der Waals surface area contributed by atoms with Gasteiger partial charge in [0, 0.05) is 25.1 Å². The van der Waals surface area contributed by atoms with Crippen molar-refractivity contribution in [1.29, 1.82) is 0 Å². The first kappa shape index (κ1) is 16.9. The van der Waals surface area contributed by atoms with Crippen LogP contribution >= 0.6 is 0 Å². The second-order valence-electron chi connectivity index (χ2n) is 7.05. The molecule has 2 aromatic heterocycles. The molecule has 26 heavy (non-hydrogen) atoms. The Hall–Kier alpha value is -2.56. The van der Waals surface area contributed by atoms with Gasteiger partial charge in [-0.25, -0.2) is 14.4 Å². The van der Waals surface area contributed by atoms with Gasteiger partial charge in [-0.3, -0.25) is 4.79 Å². The molecule has 5 heteroatoms. The summed E-state index contributed by atoms with van der Waals surface area (Å²) in [4.78, 5) is 21.3. The van der Waals surface area contributed by atoms with Crippen LogP contribution in [-0.4, -0.2) is 14.5 Å². The summed E-state index contributed by atoms with van der Waals surface area (Å²) in [6.45, 7) is 2.79. The number of nitrogens with zero attached hydrogens (tertiary/aromatic N) is 3. The molecule has 1 saturated carbocycles. The highest BCUT2D eigenvalue weighted by Gasteiger charge is 2.24. The van der Waals surface area contributed by atoms with Gasteiger partial charge in [0.05, 0.1) is 10.9 Å². The highest BCUT2D eigenvalue weighted by atomic mass is 19.1. The van der Waals surface area contributed by atoms with Crippen molar-refractivity contribution in [3.8, 4) is 11.4 Å². The number of pyridine rings is 1. The number of aromatic nitrogens is 3. The molecule has 3 aromatic rings. The summed E-state index contributed by atoms with van der Waals surface area (Å²) >= 11 is 0. The number of fused-ring (bicyclic) bond motifs is 1. The van der Waals surface area contributed by atoms with Crippen LogP contribution < -0.4 is 5.56 Å². The SMILES string of the molecule is CCCCCn1ccc2cc(-c3ncc(C4CC4)cn3)c(F)cc2c1=O. The van der Waals surface area contributed by atoms with E-state index in [9.17, 15) is 9.18 Å². The van der Waals surface area contributed by atoms with Gasteiger partial charge in [-0.1, -0.05) is 19.8 Å². The molecular formula is C21H22FN3O. The van der Waals surface area contributed by atoms with E-state index < -0.39 is 5.82 Å². The van der Waals surface area contributed by atoms with Crippen molar-refractivity contribution in [2.75, 3.05) is 0 Å². The number of unbranched alkanes of at least 4 members (excludes halogenated alkanes) is 2. The van der Waals surface area contributed by atoms with Crippen LogP contribution in [0.25, 0.3) is 22.2 Å². The van der Waals surface area contributed by atoms with Gasteiger partial charge >= 0.3 is 0 Å². The molecule has 4 nitrogen and oxygen atoms in total. The molecule has 0 bridgehead atoms. The van der Waals surface area contributed by atoms with Crippen LogP contribution in [-0.2, 0) is 6.54 Å². The number of halogens is 1. The maximum Gasteiger partial charge on any atom is 0.258 e. The highest BCUT2D eigenvalue weighted by Crippen LogP contribution is 2.39. The molecule has 1 aromatic carbocycles. The second-order valence-corrected chi connectivity index (χ2v) is 7.05. The fourth-order valence-corrected chi connectivity index (χ4v) is 3.29. The average molecular weight is 351 g/mol. The Labute approximate surface area is 151 Å². The van der Waals surface area contributed by atoms with Crippen LogP contribution in [0.2, 0.25) is 0 Å². The Kier molecular flexibility index (Phi) is 4.53. The molecule has 0 unspecified atom stereocenters. The summed E-state index contributed by atoms with van der Waals surface area (Å²) in [6, 6.07) is 4.86. The topological polar surface area (TPSA) is 47.8 Å². The number of aryl methyl sites for hydroxylation is 1. The quantitative estimate of drug-likeness (QED) is 0.607. The van der Waals surface area contributed by atoms with E-state index in [2.05, 4.69) is 16.9 Å². The Morgan fingerprint density at radius 1 is 1.19 bits per heavy atom. The van der Waals surface area contributed by atoms with Crippen molar-refractivity contribution < 1.29 is 4.39 Å². The molecule has 1 fully saturated rings. The first-order valence-electron chi connectivity index (χ1n) is 9.32. The summed E-state index contributed by atoms with van der Waals surface area (Å²) in [5, 5.41) is 1.12. The minimum atomic E-state index is -0.458. The molecule has 134 valence electrons. The predicted octanol–water partition coefficient (Wildman–Crippen LogP) is 4.67. The van der Waals surface area contributed by atoms with E-state index in [1.165, 1.54) is 18.9 Å². The lowest BCUT2D eigenvalue weighted by atomic mass is 10.1. The van der Waals surface area contributed by atoms with Crippen LogP contribution in [0.4, 0.5) is 4.39 Å². The third kappa shape index (κ3) is 3.26. The lowest BCUT2D eigenvalue weighted by Crippen LogP contribution is -2.19. The van der Waals surface area contributed by atoms with E-state index in [0.717, 1.165) is 24.8 Å². The molecule has 0 N–H and O–H groups in total. The minimum Gasteiger partial charge on any atom is -0.315 e.